The maximum absolute atomic E-state index is 11.4. The Kier molecular flexibility index (Phi) is 8.94. The molecule has 2 rings (SSSR count). The van der Waals surface area contributed by atoms with E-state index in [9.17, 15) is 4.79 Å². The Balaban J connectivity index is 1.84. The number of rotatable bonds is 7. The molecule has 1 aromatic carbocycles. The third kappa shape index (κ3) is 7.07. The highest BCUT2D eigenvalue weighted by atomic mass is 32.2. The molecule has 0 aliphatic carbocycles. The number of piperazine rings is 1. The maximum atomic E-state index is 11.4. The van der Waals surface area contributed by atoms with Gasteiger partial charge in [0.05, 0.1) is 6.54 Å². The highest BCUT2D eigenvalue weighted by Gasteiger charge is 2.18. The van der Waals surface area contributed by atoms with E-state index < -0.39 is 0 Å². The number of hydrogen-bond acceptors (Lipinski definition) is 4. The molecule has 1 aromatic rings. The van der Waals surface area contributed by atoms with Gasteiger partial charge in [0.2, 0.25) is 5.91 Å². The van der Waals surface area contributed by atoms with Crippen molar-refractivity contribution in [3.63, 3.8) is 0 Å². The molecule has 1 amide bonds. The molecule has 0 bridgehead atoms. The minimum Gasteiger partial charge on any atom is -0.357 e. The first kappa shape index (κ1) is 21.6. The van der Waals surface area contributed by atoms with Crippen molar-refractivity contribution in [2.24, 2.45) is 4.99 Å². The van der Waals surface area contributed by atoms with Crippen LogP contribution in [0.1, 0.15) is 19.4 Å². The fourth-order valence-electron chi connectivity index (χ4n) is 3.13. The molecule has 1 heterocycles. The second kappa shape index (κ2) is 11.2. The smallest absolute Gasteiger partial charge is 0.219 e. The van der Waals surface area contributed by atoms with Crippen LogP contribution in [0.3, 0.4) is 0 Å². The first-order valence-electron chi connectivity index (χ1n) is 9.63. The van der Waals surface area contributed by atoms with Gasteiger partial charge < -0.3 is 15.1 Å². The summed E-state index contributed by atoms with van der Waals surface area (Å²) in [5.41, 5.74) is 1.28. The van der Waals surface area contributed by atoms with E-state index in [0.29, 0.717) is 0 Å². The van der Waals surface area contributed by atoms with E-state index in [1.807, 2.05) is 4.90 Å². The summed E-state index contributed by atoms with van der Waals surface area (Å²) < 4.78 is 0. The molecule has 27 heavy (non-hydrogen) atoms. The largest absolute Gasteiger partial charge is 0.357 e. The van der Waals surface area contributed by atoms with Crippen LogP contribution in [0, 0.1) is 0 Å². The zero-order valence-electron chi connectivity index (χ0n) is 17.1. The number of aliphatic imine (C=N–C) groups is 1. The minimum atomic E-state index is 0.175. The molecule has 0 atom stereocenters. The number of hydrogen-bond donors (Lipinski definition) is 1. The first-order chi connectivity index (χ1) is 13.0. The third-order valence-electron chi connectivity index (χ3n) is 4.77. The van der Waals surface area contributed by atoms with E-state index in [4.69, 9.17) is 4.99 Å². The fraction of sp³-hybridized carbons (Fsp3) is 0.600. The molecule has 0 spiro atoms. The Morgan fingerprint density at radius 3 is 2.44 bits per heavy atom. The Bertz CT molecular complexity index is 611. The van der Waals surface area contributed by atoms with E-state index in [-0.39, 0.29) is 5.91 Å². The van der Waals surface area contributed by atoms with Crippen molar-refractivity contribution in [2.75, 3.05) is 59.1 Å². The van der Waals surface area contributed by atoms with Crippen molar-refractivity contribution < 1.29 is 4.79 Å². The predicted octanol–water partition coefficient (Wildman–Crippen LogP) is 1.97. The molecular formula is C20H33N5OS. The van der Waals surface area contributed by atoms with Crippen molar-refractivity contribution >= 4 is 23.6 Å². The van der Waals surface area contributed by atoms with Crippen LogP contribution in [0.2, 0.25) is 0 Å². The SMILES string of the molecule is CCNC(=NCCN1CCN(C(C)=O)CC1)N(C)Cc1ccc(SC)cc1. The van der Waals surface area contributed by atoms with Crippen molar-refractivity contribution in [3.8, 4) is 0 Å². The number of guanidine groups is 1. The van der Waals surface area contributed by atoms with Crippen molar-refractivity contribution in [3.05, 3.63) is 29.8 Å². The lowest BCUT2D eigenvalue weighted by atomic mass is 10.2. The number of thioether (sulfide) groups is 1. The summed E-state index contributed by atoms with van der Waals surface area (Å²) in [6.07, 6.45) is 2.09. The van der Waals surface area contributed by atoms with Gasteiger partial charge in [0.15, 0.2) is 5.96 Å². The van der Waals surface area contributed by atoms with Crippen LogP contribution in [0.5, 0.6) is 0 Å². The number of amides is 1. The molecule has 0 unspecified atom stereocenters. The lowest BCUT2D eigenvalue weighted by Crippen LogP contribution is -2.48. The molecule has 0 radical (unpaired) electrons. The monoisotopic (exact) mass is 391 g/mol. The summed E-state index contributed by atoms with van der Waals surface area (Å²) in [6.45, 7) is 10.6. The minimum absolute atomic E-state index is 0.175. The maximum Gasteiger partial charge on any atom is 0.219 e. The average Bonchev–Trinajstić information content (AvgIpc) is 2.68. The molecule has 150 valence electrons. The van der Waals surface area contributed by atoms with E-state index in [0.717, 1.165) is 58.3 Å². The van der Waals surface area contributed by atoms with Gasteiger partial charge in [-0.2, -0.15) is 0 Å². The van der Waals surface area contributed by atoms with Crippen LogP contribution in [0.15, 0.2) is 34.2 Å². The van der Waals surface area contributed by atoms with Gasteiger partial charge >= 0.3 is 0 Å². The van der Waals surface area contributed by atoms with Crippen LogP contribution >= 0.6 is 11.8 Å². The molecule has 1 aliphatic rings. The molecule has 0 saturated carbocycles. The zero-order chi connectivity index (χ0) is 19.6. The van der Waals surface area contributed by atoms with Crippen molar-refractivity contribution in [2.45, 2.75) is 25.3 Å². The summed E-state index contributed by atoms with van der Waals surface area (Å²) in [4.78, 5) is 24.0. The molecule has 1 fully saturated rings. The summed E-state index contributed by atoms with van der Waals surface area (Å²) in [7, 11) is 2.08. The average molecular weight is 392 g/mol. The van der Waals surface area contributed by atoms with Crippen LogP contribution in [-0.4, -0.2) is 85.7 Å². The lowest BCUT2D eigenvalue weighted by molar-refractivity contribution is -0.130. The standard InChI is InChI=1S/C20H33N5OS/c1-5-21-20(23(3)16-18-6-8-19(27-4)9-7-18)22-10-11-24-12-14-25(15-13-24)17(2)26/h6-9H,5,10-16H2,1-4H3,(H,21,22). The van der Waals surface area contributed by atoms with Gasteiger partial charge in [0.25, 0.3) is 0 Å². The number of benzene rings is 1. The van der Waals surface area contributed by atoms with E-state index in [1.165, 1.54) is 10.5 Å². The molecule has 1 N–H and O–H groups in total. The van der Waals surface area contributed by atoms with Crippen LogP contribution in [-0.2, 0) is 11.3 Å². The Morgan fingerprint density at radius 1 is 1.22 bits per heavy atom. The first-order valence-corrected chi connectivity index (χ1v) is 10.9. The number of nitrogens with zero attached hydrogens (tertiary/aromatic N) is 4. The van der Waals surface area contributed by atoms with E-state index >= 15 is 0 Å². The van der Waals surface area contributed by atoms with E-state index in [2.05, 4.69) is 59.6 Å². The second-order valence-electron chi connectivity index (χ2n) is 6.79. The van der Waals surface area contributed by atoms with Gasteiger partial charge in [-0.1, -0.05) is 12.1 Å². The van der Waals surface area contributed by atoms with Gasteiger partial charge in [-0.25, -0.2) is 0 Å². The van der Waals surface area contributed by atoms with Gasteiger partial charge in [0, 0.05) is 64.7 Å². The number of carbonyl (C=O) groups is 1. The molecular weight excluding hydrogens is 358 g/mol. The molecule has 0 aromatic heterocycles. The second-order valence-corrected chi connectivity index (χ2v) is 7.67. The van der Waals surface area contributed by atoms with Crippen LogP contribution in [0.4, 0.5) is 0 Å². The van der Waals surface area contributed by atoms with Gasteiger partial charge in [0.1, 0.15) is 0 Å². The van der Waals surface area contributed by atoms with Crippen molar-refractivity contribution in [1.82, 2.24) is 20.0 Å². The Morgan fingerprint density at radius 2 is 1.89 bits per heavy atom. The summed E-state index contributed by atoms with van der Waals surface area (Å²) >= 11 is 1.76. The molecule has 1 saturated heterocycles. The van der Waals surface area contributed by atoms with E-state index in [1.54, 1.807) is 18.7 Å². The Labute approximate surface area is 168 Å². The zero-order valence-corrected chi connectivity index (χ0v) is 17.9. The van der Waals surface area contributed by atoms with Crippen LogP contribution < -0.4 is 5.32 Å². The molecule has 1 aliphatic heterocycles. The molecule has 6 nitrogen and oxygen atoms in total. The number of carbonyl (C=O) groups excluding carboxylic acids is 1. The highest BCUT2D eigenvalue weighted by Crippen LogP contribution is 2.15. The summed E-state index contributed by atoms with van der Waals surface area (Å²) in [5.74, 6) is 1.11. The molecule has 7 heteroatoms. The van der Waals surface area contributed by atoms with Gasteiger partial charge in [-0.15, -0.1) is 11.8 Å². The highest BCUT2D eigenvalue weighted by molar-refractivity contribution is 7.98. The van der Waals surface area contributed by atoms with Crippen molar-refractivity contribution in [1.29, 1.82) is 0 Å². The summed E-state index contributed by atoms with van der Waals surface area (Å²) in [6, 6.07) is 8.69. The quantitative estimate of drug-likeness (QED) is 0.438. The fourth-order valence-corrected chi connectivity index (χ4v) is 3.54. The lowest BCUT2D eigenvalue weighted by Gasteiger charge is -2.33. The summed E-state index contributed by atoms with van der Waals surface area (Å²) in [5, 5.41) is 3.39. The Hall–Kier alpha value is -1.73. The third-order valence-corrected chi connectivity index (χ3v) is 5.51. The van der Waals surface area contributed by atoms with Gasteiger partial charge in [-0.3, -0.25) is 14.7 Å². The topological polar surface area (TPSA) is 51.2 Å². The van der Waals surface area contributed by atoms with Crippen LogP contribution in [0.25, 0.3) is 0 Å². The van der Waals surface area contributed by atoms with Gasteiger partial charge in [-0.05, 0) is 30.9 Å². The number of nitrogens with one attached hydrogen (secondary N) is 1. The predicted molar refractivity (Wildman–Crippen MR) is 114 cm³/mol. The normalized spacial score (nSPS) is 15.7.